The molecule has 2 aliphatic heterocycles. The molecular formula is C15H20N2O3. The molecule has 0 aromatic heterocycles. The average molecular weight is 276 g/mol. The SMILES string of the molecule is O=C1Nc2cc(N3CCCCCC3CO)ccc2C1O. The van der Waals surface area contributed by atoms with E-state index in [0.717, 1.165) is 31.5 Å². The first-order valence-electron chi connectivity index (χ1n) is 7.21. The van der Waals surface area contributed by atoms with Gasteiger partial charge in [-0.2, -0.15) is 0 Å². The third kappa shape index (κ3) is 2.27. The Balaban J connectivity index is 1.90. The van der Waals surface area contributed by atoms with Crippen LogP contribution >= 0.6 is 0 Å². The minimum Gasteiger partial charge on any atom is -0.394 e. The summed E-state index contributed by atoms with van der Waals surface area (Å²) >= 11 is 0. The van der Waals surface area contributed by atoms with Gasteiger partial charge < -0.3 is 20.4 Å². The maximum atomic E-state index is 11.5. The number of nitrogens with zero attached hydrogens (tertiary/aromatic N) is 1. The molecule has 0 spiro atoms. The lowest BCUT2D eigenvalue weighted by molar-refractivity contribution is -0.123. The molecule has 0 saturated carbocycles. The Bertz CT molecular complexity index is 518. The smallest absolute Gasteiger partial charge is 0.257 e. The summed E-state index contributed by atoms with van der Waals surface area (Å²) < 4.78 is 0. The van der Waals surface area contributed by atoms with Crippen molar-refractivity contribution >= 4 is 17.3 Å². The molecule has 5 nitrogen and oxygen atoms in total. The van der Waals surface area contributed by atoms with Crippen molar-refractivity contribution in [2.45, 2.75) is 37.8 Å². The zero-order valence-corrected chi connectivity index (χ0v) is 11.4. The number of hydrogen-bond acceptors (Lipinski definition) is 4. The molecule has 5 heteroatoms. The Morgan fingerprint density at radius 1 is 1.30 bits per heavy atom. The minimum atomic E-state index is -1.06. The van der Waals surface area contributed by atoms with E-state index in [2.05, 4.69) is 10.2 Å². The van der Waals surface area contributed by atoms with E-state index in [4.69, 9.17) is 0 Å². The number of hydrogen-bond donors (Lipinski definition) is 3. The van der Waals surface area contributed by atoms with Gasteiger partial charge in [0, 0.05) is 23.5 Å². The van der Waals surface area contributed by atoms with Crippen LogP contribution in [0.25, 0.3) is 0 Å². The first-order chi connectivity index (χ1) is 9.70. The summed E-state index contributed by atoms with van der Waals surface area (Å²) in [6.07, 6.45) is 3.37. The van der Waals surface area contributed by atoms with Gasteiger partial charge >= 0.3 is 0 Å². The lowest BCUT2D eigenvalue weighted by atomic mass is 10.1. The summed E-state index contributed by atoms with van der Waals surface area (Å²) in [5.41, 5.74) is 2.31. The van der Waals surface area contributed by atoms with Crippen LogP contribution in [0, 0.1) is 0 Å². The van der Waals surface area contributed by atoms with Gasteiger partial charge in [-0.15, -0.1) is 0 Å². The Morgan fingerprint density at radius 2 is 2.15 bits per heavy atom. The van der Waals surface area contributed by atoms with E-state index in [1.807, 2.05) is 12.1 Å². The number of carbonyl (C=O) groups is 1. The van der Waals surface area contributed by atoms with E-state index in [1.54, 1.807) is 6.07 Å². The molecule has 2 heterocycles. The molecule has 2 aliphatic rings. The van der Waals surface area contributed by atoms with Gasteiger partial charge in [0.05, 0.1) is 12.6 Å². The molecule has 2 unspecified atom stereocenters. The van der Waals surface area contributed by atoms with Crippen LogP contribution in [0.3, 0.4) is 0 Å². The lowest BCUT2D eigenvalue weighted by Crippen LogP contribution is -2.37. The number of carbonyl (C=O) groups excluding carboxylic acids is 1. The van der Waals surface area contributed by atoms with Crippen molar-refractivity contribution in [1.82, 2.24) is 0 Å². The first kappa shape index (κ1) is 13.4. The number of fused-ring (bicyclic) bond motifs is 1. The average Bonchev–Trinajstić information content (AvgIpc) is 2.66. The lowest BCUT2D eigenvalue weighted by Gasteiger charge is -2.31. The van der Waals surface area contributed by atoms with Crippen molar-refractivity contribution in [1.29, 1.82) is 0 Å². The topological polar surface area (TPSA) is 72.8 Å². The number of anilines is 2. The van der Waals surface area contributed by atoms with E-state index in [1.165, 1.54) is 6.42 Å². The largest absolute Gasteiger partial charge is 0.394 e. The normalized spacial score (nSPS) is 26.1. The van der Waals surface area contributed by atoms with Gasteiger partial charge in [0.25, 0.3) is 5.91 Å². The number of aliphatic hydroxyl groups is 2. The number of amides is 1. The molecule has 2 atom stereocenters. The molecule has 108 valence electrons. The van der Waals surface area contributed by atoms with Crippen molar-refractivity contribution in [2.75, 3.05) is 23.4 Å². The van der Waals surface area contributed by atoms with Crippen molar-refractivity contribution in [2.24, 2.45) is 0 Å². The quantitative estimate of drug-likeness (QED) is 0.763. The van der Waals surface area contributed by atoms with Crippen LogP contribution in [0.2, 0.25) is 0 Å². The predicted octanol–water partition coefficient (Wildman–Crippen LogP) is 1.41. The van der Waals surface area contributed by atoms with Crippen molar-refractivity contribution in [3.05, 3.63) is 23.8 Å². The maximum absolute atomic E-state index is 11.5. The Labute approximate surface area is 118 Å². The summed E-state index contributed by atoms with van der Waals surface area (Å²) in [6, 6.07) is 5.76. The van der Waals surface area contributed by atoms with Crippen LogP contribution in [-0.4, -0.2) is 35.3 Å². The summed E-state index contributed by atoms with van der Waals surface area (Å²) in [7, 11) is 0. The minimum absolute atomic E-state index is 0.137. The Kier molecular flexibility index (Phi) is 3.63. The first-order valence-corrected chi connectivity index (χ1v) is 7.21. The van der Waals surface area contributed by atoms with E-state index < -0.39 is 6.10 Å². The van der Waals surface area contributed by atoms with Crippen LogP contribution in [0.4, 0.5) is 11.4 Å². The maximum Gasteiger partial charge on any atom is 0.257 e. The second kappa shape index (κ2) is 5.42. The summed E-state index contributed by atoms with van der Waals surface area (Å²) in [6.45, 7) is 1.06. The molecular weight excluding hydrogens is 256 g/mol. The fourth-order valence-corrected chi connectivity index (χ4v) is 3.12. The molecule has 1 fully saturated rings. The number of nitrogens with one attached hydrogen (secondary N) is 1. The van der Waals surface area contributed by atoms with Crippen LogP contribution in [0.5, 0.6) is 0 Å². The number of rotatable bonds is 2. The van der Waals surface area contributed by atoms with Crippen LogP contribution in [-0.2, 0) is 4.79 Å². The Morgan fingerprint density at radius 3 is 2.95 bits per heavy atom. The molecule has 3 rings (SSSR count). The molecule has 0 radical (unpaired) electrons. The monoisotopic (exact) mass is 276 g/mol. The third-order valence-corrected chi connectivity index (χ3v) is 4.26. The van der Waals surface area contributed by atoms with E-state index in [0.29, 0.717) is 11.3 Å². The van der Waals surface area contributed by atoms with Gasteiger partial charge in [0.1, 0.15) is 0 Å². The van der Waals surface area contributed by atoms with Gasteiger partial charge in [-0.25, -0.2) is 0 Å². The highest BCUT2D eigenvalue weighted by Crippen LogP contribution is 2.35. The number of benzene rings is 1. The molecule has 0 bridgehead atoms. The fourth-order valence-electron chi connectivity index (χ4n) is 3.12. The van der Waals surface area contributed by atoms with Crippen molar-refractivity contribution in [3.8, 4) is 0 Å². The van der Waals surface area contributed by atoms with Crippen molar-refractivity contribution in [3.63, 3.8) is 0 Å². The summed E-state index contributed by atoms with van der Waals surface area (Å²) in [4.78, 5) is 13.7. The molecule has 3 N–H and O–H groups in total. The molecule has 0 aliphatic carbocycles. The summed E-state index contributed by atoms with van der Waals surface area (Å²) in [5, 5.41) is 22.0. The van der Waals surface area contributed by atoms with Crippen LogP contribution in [0.1, 0.15) is 37.4 Å². The molecule has 1 amide bonds. The molecule has 1 aromatic rings. The molecule has 1 aromatic carbocycles. The highest BCUT2D eigenvalue weighted by molar-refractivity contribution is 6.02. The number of aliphatic hydroxyl groups excluding tert-OH is 2. The Hall–Kier alpha value is -1.59. The third-order valence-electron chi connectivity index (χ3n) is 4.26. The van der Waals surface area contributed by atoms with Crippen molar-refractivity contribution < 1.29 is 15.0 Å². The molecule has 1 saturated heterocycles. The fraction of sp³-hybridized carbons (Fsp3) is 0.533. The zero-order valence-electron chi connectivity index (χ0n) is 11.4. The zero-order chi connectivity index (χ0) is 14.1. The highest BCUT2D eigenvalue weighted by atomic mass is 16.3. The predicted molar refractivity (Wildman–Crippen MR) is 76.7 cm³/mol. The second-order valence-electron chi connectivity index (χ2n) is 5.54. The second-order valence-corrected chi connectivity index (χ2v) is 5.54. The van der Waals surface area contributed by atoms with Gasteiger partial charge in [-0.3, -0.25) is 4.79 Å². The van der Waals surface area contributed by atoms with E-state index >= 15 is 0 Å². The standard InChI is InChI=1S/C15H20N2O3/c18-9-11-4-2-1-3-7-17(11)10-5-6-12-13(8-10)16-15(20)14(12)19/h5-6,8,11,14,18-19H,1-4,7,9H2,(H,16,20). The van der Waals surface area contributed by atoms with Gasteiger partial charge in [0.2, 0.25) is 0 Å². The summed E-state index contributed by atoms with van der Waals surface area (Å²) in [5.74, 6) is -0.369. The van der Waals surface area contributed by atoms with E-state index in [9.17, 15) is 15.0 Å². The van der Waals surface area contributed by atoms with Crippen LogP contribution in [0.15, 0.2) is 18.2 Å². The van der Waals surface area contributed by atoms with Gasteiger partial charge in [-0.05, 0) is 25.0 Å². The van der Waals surface area contributed by atoms with Gasteiger partial charge in [-0.1, -0.05) is 18.9 Å². The molecule has 20 heavy (non-hydrogen) atoms. The van der Waals surface area contributed by atoms with Crippen LogP contribution < -0.4 is 10.2 Å². The van der Waals surface area contributed by atoms with E-state index in [-0.39, 0.29) is 18.6 Å². The van der Waals surface area contributed by atoms with Gasteiger partial charge in [0.15, 0.2) is 6.10 Å². The highest BCUT2D eigenvalue weighted by Gasteiger charge is 2.29.